The zero-order chi connectivity index (χ0) is 16.1. The molecule has 128 valence electrons. The van der Waals surface area contributed by atoms with Crippen molar-refractivity contribution in [2.45, 2.75) is 19.4 Å². The van der Waals surface area contributed by atoms with Crippen LogP contribution in [0, 0.1) is 11.8 Å². The first-order valence-electron chi connectivity index (χ1n) is 7.75. The lowest BCUT2D eigenvalue weighted by Gasteiger charge is -2.33. The van der Waals surface area contributed by atoms with E-state index in [1.54, 1.807) is 14.1 Å². The third-order valence-corrected chi connectivity index (χ3v) is 4.27. The number of nitrogens with zero attached hydrogens (tertiary/aromatic N) is 1. The average Bonchev–Trinajstić information content (AvgIpc) is 2.44. The molecule has 2 N–H and O–H groups in total. The van der Waals surface area contributed by atoms with Crippen LogP contribution in [0.25, 0.3) is 0 Å². The van der Waals surface area contributed by atoms with Gasteiger partial charge in [0.05, 0.1) is 0 Å². The van der Waals surface area contributed by atoms with Gasteiger partial charge >= 0.3 is 0 Å². The molecule has 0 aromatic heterocycles. The second kappa shape index (κ2) is 8.89. The van der Waals surface area contributed by atoms with Crippen molar-refractivity contribution in [2.75, 3.05) is 27.2 Å². The SMILES string of the molecule is CC(C(=O)NC(Cc1ccccc1)C(=O)N(C)C)C1CNC1.Cl. The van der Waals surface area contributed by atoms with Crippen LogP contribution in [-0.2, 0) is 16.0 Å². The first kappa shape index (κ1) is 19.5. The zero-order valence-electron chi connectivity index (χ0n) is 13.9. The Kier molecular flexibility index (Phi) is 7.52. The highest BCUT2D eigenvalue weighted by Gasteiger charge is 2.31. The monoisotopic (exact) mass is 339 g/mol. The number of rotatable bonds is 6. The van der Waals surface area contributed by atoms with Crippen LogP contribution in [-0.4, -0.2) is 49.9 Å². The van der Waals surface area contributed by atoms with E-state index in [-0.39, 0.29) is 30.1 Å². The number of carbonyl (C=O) groups is 2. The summed E-state index contributed by atoms with van der Waals surface area (Å²) in [5, 5.41) is 6.11. The van der Waals surface area contributed by atoms with Crippen molar-refractivity contribution < 1.29 is 9.59 Å². The molecule has 1 aromatic rings. The Morgan fingerprint density at radius 2 is 1.87 bits per heavy atom. The molecule has 2 amide bonds. The highest BCUT2D eigenvalue weighted by Crippen LogP contribution is 2.16. The number of likely N-dealkylation sites (N-methyl/N-ethyl adjacent to an activating group) is 1. The van der Waals surface area contributed by atoms with Gasteiger partial charge in [0.1, 0.15) is 6.04 Å². The van der Waals surface area contributed by atoms with Crippen molar-refractivity contribution in [1.82, 2.24) is 15.5 Å². The number of carbonyl (C=O) groups excluding carboxylic acids is 2. The van der Waals surface area contributed by atoms with Gasteiger partial charge in [-0.2, -0.15) is 0 Å². The molecule has 1 aromatic carbocycles. The Morgan fingerprint density at radius 1 is 1.26 bits per heavy atom. The van der Waals surface area contributed by atoms with Crippen LogP contribution in [0.15, 0.2) is 30.3 Å². The van der Waals surface area contributed by atoms with Crippen LogP contribution in [0.5, 0.6) is 0 Å². The van der Waals surface area contributed by atoms with Crippen molar-refractivity contribution in [1.29, 1.82) is 0 Å². The summed E-state index contributed by atoms with van der Waals surface area (Å²) < 4.78 is 0. The van der Waals surface area contributed by atoms with E-state index in [4.69, 9.17) is 0 Å². The van der Waals surface area contributed by atoms with Crippen molar-refractivity contribution in [3.8, 4) is 0 Å². The molecule has 0 spiro atoms. The van der Waals surface area contributed by atoms with Gasteiger partial charge in [0.2, 0.25) is 11.8 Å². The second-order valence-electron chi connectivity index (χ2n) is 6.19. The van der Waals surface area contributed by atoms with E-state index in [2.05, 4.69) is 10.6 Å². The maximum absolute atomic E-state index is 12.4. The fourth-order valence-electron chi connectivity index (χ4n) is 2.54. The van der Waals surface area contributed by atoms with Crippen molar-refractivity contribution >= 4 is 24.2 Å². The summed E-state index contributed by atoms with van der Waals surface area (Å²) in [7, 11) is 3.43. The van der Waals surface area contributed by atoms with Crippen molar-refractivity contribution in [3.05, 3.63) is 35.9 Å². The van der Waals surface area contributed by atoms with Gasteiger partial charge in [-0.15, -0.1) is 12.4 Å². The molecule has 1 heterocycles. The maximum atomic E-state index is 12.4. The third kappa shape index (κ3) is 5.22. The first-order chi connectivity index (χ1) is 10.5. The van der Waals surface area contributed by atoms with E-state index in [9.17, 15) is 9.59 Å². The van der Waals surface area contributed by atoms with Gasteiger partial charge in [-0.25, -0.2) is 0 Å². The molecule has 1 fully saturated rings. The summed E-state index contributed by atoms with van der Waals surface area (Å²) in [5.74, 6) is 0.181. The van der Waals surface area contributed by atoms with Gasteiger partial charge in [-0.3, -0.25) is 9.59 Å². The van der Waals surface area contributed by atoms with Gasteiger partial charge in [0, 0.05) is 26.4 Å². The predicted molar refractivity (Wildman–Crippen MR) is 93.5 cm³/mol. The minimum Gasteiger partial charge on any atom is -0.347 e. The molecule has 2 rings (SSSR count). The van der Waals surface area contributed by atoms with Gasteiger partial charge in [0.25, 0.3) is 0 Å². The number of halogens is 1. The van der Waals surface area contributed by atoms with Crippen LogP contribution >= 0.6 is 12.4 Å². The van der Waals surface area contributed by atoms with E-state index in [1.807, 2.05) is 37.3 Å². The van der Waals surface area contributed by atoms with Gasteiger partial charge in [0.15, 0.2) is 0 Å². The molecule has 2 unspecified atom stereocenters. The first-order valence-corrected chi connectivity index (χ1v) is 7.75. The van der Waals surface area contributed by atoms with E-state index >= 15 is 0 Å². The highest BCUT2D eigenvalue weighted by atomic mass is 35.5. The summed E-state index contributed by atoms with van der Waals surface area (Å²) in [6.45, 7) is 3.68. The Hall–Kier alpha value is -1.59. The van der Waals surface area contributed by atoms with Gasteiger partial charge < -0.3 is 15.5 Å². The van der Waals surface area contributed by atoms with E-state index < -0.39 is 6.04 Å². The summed E-state index contributed by atoms with van der Waals surface area (Å²) in [5.41, 5.74) is 1.04. The van der Waals surface area contributed by atoms with Crippen molar-refractivity contribution in [2.24, 2.45) is 11.8 Å². The minimum absolute atomic E-state index is 0. The Morgan fingerprint density at radius 3 is 2.35 bits per heavy atom. The second-order valence-corrected chi connectivity index (χ2v) is 6.19. The topological polar surface area (TPSA) is 61.4 Å². The zero-order valence-corrected chi connectivity index (χ0v) is 14.7. The smallest absolute Gasteiger partial charge is 0.244 e. The molecule has 2 atom stereocenters. The molecule has 1 saturated heterocycles. The van der Waals surface area contributed by atoms with Crippen LogP contribution in [0.4, 0.5) is 0 Å². The normalized spacial score (nSPS) is 16.5. The molecule has 0 radical (unpaired) electrons. The number of benzene rings is 1. The average molecular weight is 340 g/mol. The van der Waals surface area contributed by atoms with Crippen LogP contribution in [0.3, 0.4) is 0 Å². The molecule has 0 aliphatic carbocycles. The van der Waals surface area contributed by atoms with Crippen LogP contribution in [0.2, 0.25) is 0 Å². The molecule has 5 nitrogen and oxygen atoms in total. The van der Waals surface area contributed by atoms with Gasteiger partial charge in [-0.1, -0.05) is 37.3 Å². The van der Waals surface area contributed by atoms with E-state index in [1.165, 1.54) is 4.90 Å². The Bertz CT molecular complexity index is 518. The number of hydrogen-bond donors (Lipinski definition) is 2. The molecule has 0 bridgehead atoms. The predicted octanol–water partition coefficient (Wildman–Crippen LogP) is 1.08. The molecule has 0 saturated carbocycles. The summed E-state index contributed by atoms with van der Waals surface area (Å²) in [6, 6.07) is 9.26. The molecule has 1 aliphatic heterocycles. The largest absolute Gasteiger partial charge is 0.347 e. The van der Waals surface area contributed by atoms with Crippen molar-refractivity contribution in [3.63, 3.8) is 0 Å². The molecular formula is C17H26ClN3O2. The summed E-state index contributed by atoms with van der Waals surface area (Å²) in [6.07, 6.45) is 0.513. The number of amides is 2. The Balaban J connectivity index is 0.00000264. The standard InChI is InChI=1S/C17H25N3O2.ClH/c1-12(14-10-18-11-14)16(21)19-15(17(22)20(2)3)9-13-7-5-4-6-8-13;/h4-8,12,14-15,18H,9-11H2,1-3H3,(H,19,21);1H. The number of hydrogen-bond acceptors (Lipinski definition) is 3. The quantitative estimate of drug-likeness (QED) is 0.815. The van der Waals surface area contributed by atoms with E-state index in [0.717, 1.165) is 18.7 Å². The minimum atomic E-state index is -0.514. The third-order valence-electron chi connectivity index (χ3n) is 4.27. The summed E-state index contributed by atoms with van der Waals surface area (Å²) >= 11 is 0. The molecule has 6 heteroatoms. The Labute approximate surface area is 144 Å². The van der Waals surface area contributed by atoms with Crippen LogP contribution < -0.4 is 10.6 Å². The highest BCUT2D eigenvalue weighted by molar-refractivity contribution is 5.88. The fraction of sp³-hybridized carbons (Fsp3) is 0.529. The lowest BCUT2D eigenvalue weighted by atomic mass is 9.88. The fourth-order valence-corrected chi connectivity index (χ4v) is 2.54. The van der Waals surface area contributed by atoms with Gasteiger partial charge in [-0.05, 0) is 24.6 Å². The lowest BCUT2D eigenvalue weighted by Crippen LogP contribution is -2.53. The van der Waals surface area contributed by atoms with Crippen LogP contribution in [0.1, 0.15) is 12.5 Å². The maximum Gasteiger partial charge on any atom is 0.244 e. The molecule has 23 heavy (non-hydrogen) atoms. The number of nitrogens with one attached hydrogen (secondary N) is 2. The van der Waals surface area contributed by atoms with E-state index in [0.29, 0.717) is 12.3 Å². The summed E-state index contributed by atoms with van der Waals surface area (Å²) in [4.78, 5) is 26.3. The lowest BCUT2D eigenvalue weighted by molar-refractivity contribution is -0.136. The molecule has 1 aliphatic rings. The molecular weight excluding hydrogens is 314 g/mol.